The molecule has 0 amide bonds. The highest BCUT2D eigenvalue weighted by Crippen LogP contribution is 2.33. The Hall–Kier alpha value is -0.540. The maximum atomic E-state index is 5.60. The lowest BCUT2D eigenvalue weighted by Gasteiger charge is -2.26. The van der Waals surface area contributed by atoms with Crippen molar-refractivity contribution in [3.8, 4) is 5.75 Å². The number of hydrogen-bond donors (Lipinski definition) is 1. The van der Waals surface area contributed by atoms with Crippen LogP contribution < -0.4 is 10.1 Å². The normalized spacial score (nSPS) is 19.9. The molecule has 0 bridgehead atoms. The van der Waals surface area contributed by atoms with Crippen LogP contribution in [0.1, 0.15) is 36.0 Å². The first-order valence-corrected chi connectivity index (χ1v) is 7.48. The summed E-state index contributed by atoms with van der Waals surface area (Å²) in [6.45, 7) is 5.43. The quantitative estimate of drug-likeness (QED) is 0.917. The van der Waals surface area contributed by atoms with Gasteiger partial charge in [0.1, 0.15) is 5.75 Å². The van der Waals surface area contributed by atoms with Crippen LogP contribution in [0.3, 0.4) is 0 Å². The van der Waals surface area contributed by atoms with Gasteiger partial charge in [0.2, 0.25) is 0 Å². The van der Waals surface area contributed by atoms with Gasteiger partial charge in [-0.1, -0.05) is 22.4 Å². The molecule has 1 aliphatic rings. The Balaban J connectivity index is 2.29. The van der Waals surface area contributed by atoms with Gasteiger partial charge in [0.05, 0.1) is 7.11 Å². The summed E-state index contributed by atoms with van der Waals surface area (Å²) in [5, 5.41) is 3.61. The number of piperidine rings is 1. The van der Waals surface area contributed by atoms with Crippen molar-refractivity contribution in [3.63, 3.8) is 0 Å². The summed E-state index contributed by atoms with van der Waals surface area (Å²) < 4.78 is 6.79. The van der Waals surface area contributed by atoms with Gasteiger partial charge in [0, 0.05) is 10.5 Å². The van der Waals surface area contributed by atoms with Crippen molar-refractivity contribution in [1.82, 2.24) is 5.32 Å². The van der Waals surface area contributed by atoms with E-state index in [9.17, 15) is 0 Å². The van der Waals surface area contributed by atoms with Crippen molar-refractivity contribution in [2.75, 3.05) is 13.7 Å². The van der Waals surface area contributed by atoms with Crippen molar-refractivity contribution in [1.29, 1.82) is 0 Å². The molecule has 3 heteroatoms. The van der Waals surface area contributed by atoms with Gasteiger partial charge in [-0.2, -0.15) is 0 Å². The van der Waals surface area contributed by atoms with Crippen LogP contribution in [0, 0.1) is 13.8 Å². The highest BCUT2D eigenvalue weighted by molar-refractivity contribution is 9.10. The van der Waals surface area contributed by atoms with Crippen molar-refractivity contribution in [2.24, 2.45) is 0 Å². The van der Waals surface area contributed by atoms with E-state index in [1.807, 2.05) is 0 Å². The summed E-state index contributed by atoms with van der Waals surface area (Å²) in [5.41, 5.74) is 3.87. The number of hydrogen-bond acceptors (Lipinski definition) is 2. The Morgan fingerprint density at radius 2 is 2.17 bits per heavy atom. The molecule has 1 aliphatic heterocycles. The van der Waals surface area contributed by atoms with Crippen LogP contribution in [0.5, 0.6) is 5.75 Å². The minimum atomic E-state index is 0.597. The number of aryl methyl sites for hydroxylation is 1. The van der Waals surface area contributed by atoms with E-state index in [-0.39, 0.29) is 0 Å². The Morgan fingerprint density at radius 1 is 1.39 bits per heavy atom. The second-order valence-electron chi connectivity index (χ2n) is 5.16. The Labute approximate surface area is 118 Å². The molecule has 1 fully saturated rings. The van der Waals surface area contributed by atoms with Crippen molar-refractivity contribution in [3.05, 3.63) is 27.2 Å². The molecule has 0 aromatic heterocycles. The molecule has 1 aromatic carbocycles. The van der Waals surface area contributed by atoms with E-state index in [1.54, 1.807) is 7.11 Å². The molecule has 1 aromatic rings. The molecule has 18 heavy (non-hydrogen) atoms. The maximum Gasteiger partial charge on any atom is 0.125 e. The Morgan fingerprint density at radius 3 is 2.78 bits per heavy atom. The first-order chi connectivity index (χ1) is 8.63. The Kier molecular flexibility index (Phi) is 4.68. The van der Waals surface area contributed by atoms with Gasteiger partial charge in [-0.3, -0.25) is 0 Å². The molecule has 1 atom stereocenters. The van der Waals surface area contributed by atoms with E-state index in [0.717, 1.165) is 18.7 Å². The van der Waals surface area contributed by atoms with E-state index < -0.39 is 0 Å². The predicted molar refractivity (Wildman–Crippen MR) is 79.5 cm³/mol. The van der Waals surface area contributed by atoms with Crippen LogP contribution >= 0.6 is 15.9 Å². The van der Waals surface area contributed by atoms with Gasteiger partial charge >= 0.3 is 0 Å². The molecular formula is C15H22BrNO. The van der Waals surface area contributed by atoms with E-state index in [0.29, 0.717) is 6.04 Å². The summed E-state index contributed by atoms with van der Waals surface area (Å²) in [6.07, 6.45) is 4.99. The largest absolute Gasteiger partial charge is 0.496 e. The van der Waals surface area contributed by atoms with Gasteiger partial charge in [0.25, 0.3) is 0 Å². The number of ether oxygens (including phenoxy) is 1. The Bertz CT molecular complexity index is 425. The maximum absolute atomic E-state index is 5.60. The average Bonchev–Trinajstić information content (AvgIpc) is 2.37. The number of rotatable bonds is 3. The lowest BCUT2D eigenvalue weighted by atomic mass is 9.93. The van der Waals surface area contributed by atoms with Gasteiger partial charge < -0.3 is 10.1 Å². The monoisotopic (exact) mass is 311 g/mol. The summed E-state index contributed by atoms with van der Waals surface area (Å²) in [5.74, 6) is 1.06. The number of methoxy groups -OCH3 is 1. The molecule has 1 unspecified atom stereocenters. The fraction of sp³-hybridized carbons (Fsp3) is 0.600. The fourth-order valence-electron chi connectivity index (χ4n) is 2.79. The number of benzene rings is 1. The lowest BCUT2D eigenvalue weighted by Crippen LogP contribution is -2.35. The third kappa shape index (κ3) is 2.89. The molecule has 0 aliphatic carbocycles. The minimum absolute atomic E-state index is 0.597. The predicted octanol–water partition coefficient (Wildman–Crippen LogP) is 3.76. The van der Waals surface area contributed by atoms with Crippen molar-refractivity contribution >= 4 is 15.9 Å². The van der Waals surface area contributed by atoms with Crippen molar-refractivity contribution < 1.29 is 4.74 Å². The van der Waals surface area contributed by atoms with Crippen LogP contribution in [0.25, 0.3) is 0 Å². The third-order valence-corrected chi connectivity index (χ3v) is 4.68. The lowest BCUT2D eigenvalue weighted by molar-refractivity contribution is 0.379. The fourth-order valence-corrected chi connectivity index (χ4v) is 3.37. The van der Waals surface area contributed by atoms with Crippen LogP contribution in [-0.2, 0) is 6.42 Å². The molecule has 1 saturated heterocycles. The van der Waals surface area contributed by atoms with Crippen molar-refractivity contribution in [2.45, 2.75) is 45.6 Å². The molecule has 100 valence electrons. The zero-order chi connectivity index (χ0) is 13.1. The summed E-state index contributed by atoms with van der Waals surface area (Å²) in [4.78, 5) is 0. The summed E-state index contributed by atoms with van der Waals surface area (Å²) in [6, 6.07) is 2.74. The summed E-state index contributed by atoms with van der Waals surface area (Å²) in [7, 11) is 1.77. The molecule has 1 heterocycles. The highest BCUT2D eigenvalue weighted by atomic mass is 79.9. The zero-order valence-electron chi connectivity index (χ0n) is 11.5. The smallest absolute Gasteiger partial charge is 0.125 e. The summed E-state index contributed by atoms with van der Waals surface area (Å²) >= 11 is 3.65. The third-order valence-electron chi connectivity index (χ3n) is 3.85. The van der Waals surface area contributed by atoms with E-state index in [2.05, 4.69) is 41.2 Å². The molecular weight excluding hydrogens is 290 g/mol. The molecule has 2 nitrogen and oxygen atoms in total. The molecule has 1 N–H and O–H groups in total. The molecule has 0 saturated carbocycles. The SMILES string of the molecule is COc1c(C)cc(Br)c(C)c1CC1CCCCN1. The van der Waals surface area contributed by atoms with E-state index >= 15 is 0 Å². The number of nitrogens with one attached hydrogen (secondary N) is 1. The first-order valence-electron chi connectivity index (χ1n) is 6.69. The van der Waals surface area contributed by atoms with Gasteiger partial charge in [-0.15, -0.1) is 0 Å². The van der Waals surface area contributed by atoms with Gasteiger partial charge in [-0.25, -0.2) is 0 Å². The zero-order valence-corrected chi connectivity index (χ0v) is 13.1. The topological polar surface area (TPSA) is 21.3 Å². The first kappa shape index (κ1) is 13.9. The van der Waals surface area contributed by atoms with Gasteiger partial charge in [0.15, 0.2) is 0 Å². The highest BCUT2D eigenvalue weighted by Gasteiger charge is 2.19. The van der Waals surface area contributed by atoms with E-state index in [1.165, 1.54) is 40.4 Å². The second kappa shape index (κ2) is 6.07. The second-order valence-corrected chi connectivity index (χ2v) is 6.02. The standard InChI is InChI=1S/C15H22BrNO/c1-10-8-14(16)11(2)13(15(10)18-3)9-12-6-4-5-7-17-12/h8,12,17H,4-7,9H2,1-3H3. The van der Waals surface area contributed by atoms with E-state index in [4.69, 9.17) is 4.74 Å². The van der Waals surface area contributed by atoms with Crippen LogP contribution in [0.4, 0.5) is 0 Å². The number of halogens is 1. The van der Waals surface area contributed by atoms with Crippen LogP contribution in [0.2, 0.25) is 0 Å². The molecule has 2 rings (SSSR count). The molecule has 0 spiro atoms. The van der Waals surface area contributed by atoms with Gasteiger partial charge in [-0.05, 0) is 62.4 Å². The molecule has 0 radical (unpaired) electrons. The van der Waals surface area contributed by atoms with Crippen LogP contribution in [-0.4, -0.2) is 19.7 Å². The van der Waals surface area contributed by atoms with Crippen LogP contribution in [0.15, 0.2) is 10.5 Å². The minimum Gasteiger partial charge on any atom is -0.496 e. The average molecular weight is 312 g/mol.